The Morgan fingerprint density at radius 3 is 3.00 bits per heavy atom. The molecule has 0 bridgehead atoms. The molecule has 0 spiro atoms. The number of hydrogen-bond acceptors (Lipinski definition) is 6. The number of nitrogens with one attached hydrogen (secondary N) is 1. The zero-order valence-electron chi connectivity index (χ0n) is 16.3. The molecule has 5 rings (SSSR count). The molecule has 1 N–H and O–H groups in total. The van der Waals surface area contributed by atoms with Crippen LogP contribution in [0.15, 0.2) is 30.6 Å². The average Bonchev–Trinajstić information content (AvgIpc) is 3.30. The van der Waals surface area contributed by atoms with Gasteiger partial charge in [0.1, 0.15) is 29.2 Å². The van der Waals surface area contributed by atoms with Gasteiger partial charge in [0.2, 0.25) is 0 Å². The largest absolute Gasteiger partial charge is 0.488 e. The minimum atomic E-state index is -0.00812. The first-order valence-corrected chi connectivity index (χ1v) is 10.00. The summed E-state index contributed by atoms with van der Waals surface area (Å²) in [5, 5.41) is 8.64. The Morgan fingerprint density at radius 1 is 1.29 bits per heavy atom. The lowest BCUT2D eigenvalue weighted by Gasteiger charge is -2.33. The number of fused-ring (bicyclic) bond motifs is 1. The van der Waals surface area contributed by atoms with Crippen LogP contribution in [-0.2, 0) is 4.74 Å². The van der Waals surface area contributed by atoms with Crippen molar-refractivity contribution in [3.8, 4) is 17.1 Å². The fourth-order valence-electron chi connectivity index (χ4n) is 3.64. The van der Waals surface area contributed by atoms with E-state index in [0.717, 1.165) is 72.8 Å². The molecule has 1 saturated carbocycles. The fourth-order valence-corrected chi connectivity index (χ4v) is 3.64. The van der Waals surface area contributed by atoms with E-state index in [-0.39, 0.29) is 11.7 Å². The van der Waals surface area contributed by atoms with Crippen molar-refractivity contribution in [2.75, 3.05) is 24.6 Å². The molecule has 1 aliphatic carbocycles. The number of morpholine rings is 1. The van der Waals surface area contributed by atoms with Crippen LogP contribution in [0.2, 0.25) is 0 Å². The number of aromatic nitrogens is 4. The summed E-state index contributed by atoms with van der Waals surface area (Å²) < 4.78 is 11.9. The molecule has 28 heavy (non-hydrogen) atoms. The van der Waals surface area contributed by atoms with E-state index in [0.29, 0.717) is 0 Å². The Morgan fingerprint density at radius 2 is 2.18 bits per heavy atom. The molecule has 3 aromatic rings. The molecule has 146 valence electrons. The lowest BCUT2D eigenvalue weighted by Crippen LogP contribution is -2.42. The van der Waals surface area contributed by atoms with Crippen molar-refractivity contribution >= 4 is 16.7 Å². The molecule has 2 fully saturated rings. The smallest absolute Gasteiger partial charge is 0.132 e. The highest BCUT2D eigenvalue weighted by molar-refractivity contribution is 5.93. The molecule has 1 aromatic carbocycles. The molecule has 7 heteroatoms. The van der Waals surface area contributed by atoms with Gasteiger partial charge in [-0.15, -0.1) is 0 Å². The molecular formula is C21H25N5O2. The van der Waals surface area contributed by atoms with E-state index in [2.05, 4.69) is 45.0 Å². The molecule has 0 amide bonds. The normalized spacial score (nSPS) is 21.1. The van der Waals surface area contributed by atoms with Gasteiger partial charge in [-0.05, 0) is 44.4 Å². The van der Waals surface area contributed by atoms with E-state index < -0.39 is 0 Å². The van der Waals surface area contributed by atoms with Crippen LogP contribution in [-0.4, -0.2) is 51.6 Å². The molecule has 1 aliphatic heterocycles. The summed E-state index contributed by atoms with van der Waals surface area (Å²) in [6.07, 6.45) is 5.09. The maximum Gasteiger partial charge on any atom is 0.132 e. The van der Waals surface area contributed by atoms with E-state index in [9.17, 15) is 0 Å². The highest BCUT2D eigenvalue weighted by atomic mass is 16.5. The van der Waals surface area contributed by atoms with Gasteiger partial charge < -0.3 is 14.4 Å². The SMILES string of the molecule is CC[C@@H]1CN(c2cc(-c3n[nH]c4ccc(OC5(C)CC5)cc34)ncn2)CCO1. The van der Waals surface area contributed by atoms with Crippen LogP contribution in [0.25, 0.3) is 22.3 Å². The van der Waals surface area contributed by atoms with Crippen LogP contribution in [0.4, 0.5) is 5.82 Å². The van der Waals surface area contributed by atoms with Crippen LogP contribution in [0.3, 0.4) is 0 Å². The Bertz CT molecular complexity index is 997. The van der Waals surface area contributed by atoms with Crippen molar-refractivity contribution in [2.24, 2.45) is 0 Å². The van der Waals surface area contributed by atoms with Gasteiger partial charge >= 0.3 is 0 Å². The highest BCUT2D eigenvalue weighted by Gasteiger charge is 2.40. The van der Waals surface area contributed by atoms with E-state index >= 15 is 0 Å². The summed E-state index contributed by atoms with van der Waals surface area (Å²) in [6, 6.07) is 8.09. The summed E-state index contributed by atoms with van der Waals surface area (Å²) in [5.74, 6) is 1.80. The van der Waals surface area contributed by atoms with Gasteiger partial charge in [-0.2, -0.15) is 5.10 Å². The van der Waals surface area contributed by atoms with E-state index in [4.69, 9.17) is 9.47 Å². The predicted molar refractivity (Wildman–Crippen MR) is 108 cm³/mol. The second kappa shape index (κ2) is 6.74. The average molecular weight is 379 g/mol. The number of nitrogens with zero attached hydrogens (tertiary/aromatic N) is 4. The number of rotatable bonds is 5. The van der Waals surface area contributed by atoms with Gasteiger partial charge in [0.25, 0.3) is 0 Å². The highest BCUT2D eigenvalue weighted by Crippen LogP contribution is 2.40. The van der Waals surface area contributed by atoms with Crippen molar-refractivity contribution in [1.29, 1.82) is 0 Å². The number of benzene rings is 1. The quantitative estimate of drug-likeness (QED) is 0.730. The minimum absolute atomic E-state index is 0.00812. The number of hydrogen-bond donors (Lipinski definition) is 1. The molecule has 7 nitrogen and oxygen atoms in total. The Hall–Kier alpha value is -2.67. The zero-order valence-corrected chi connectivity index (χ0v) is 16.3. The summed E-state index contributed by atoms with van der Waals surface area (Å²) in [7, 11) is 0. The molecule has 3 heterocycles. The first-order valence-electron chi connectivity index (χ1n) is 10.00. The third kappa shape index (κ3) is 3.30. The molecule has 2 aromatic heterocycles. The van der Waals surface area contributed by atoms with Crippen molar-refractivity contribution in [3.63, 3.8) is 0 Å². The number of H-pyrrole nitrogens is 1. The van der Waals surface area contributed by atoms with Crippen molar-refractivity contribution in [1.82, 2.24) is 20.2 Å². The monoisotopic (exact) mass is 379 g/mol. The third-order valence-electron chi connectivity index (χ3n) is 5.67. The van der Waals surface area contributed by atoms with E-state index in [1.165, 1.54) is 0 Å². The lowest BCUT2D eigenvalue weighted by molar-refractivity contribution is 0.0381. The topological polar surface area (TPSA) is 76.2 Å². The number of ether oxygens (including phenoxy) is 2. The van der Waals surface area contributed by atoms with Crippen LogP contribution < -0.4 is 9.64 Å². The van der Waals surface area contributed by atoms with Crippen LogP contribution >= 0.6 is 0 Å². The van der Waals surface area contributed by atoms with Crippen molar-refractivity contribution < 1.29 is 9.47 Å². The fraction of sp³-hybridized carbons (Fsp3) is 0.476. The zero-order chi connectivity index (χ0) is 19.1. The molecule has 1 saturated heterocycles. The Kier molecular flexibility index (Phi) is 4.19. The van der Waals surface area contributed by atoms with Gasteiger partial charge in [0.05, 0.1) is 23.9 Å². The first kappa shape index (κ1) is 17.4. The van der Waals surface area contributed by atoms with Crippen molar-refractivity contribution in [2.45, 2.75) is 44.8 Å². The van der Waals surface area contributed by atoms with Gasteiger partial charge in [-0.3, -0.25) is 5.10 Å². The minimum Gasteiger partial charge on any atom is -0.488 e. The van der Waals surface area contributed by atoms with Crippen LogP contribution in [0.1, 0.15) is 33.1 Å². The van der Waals surface area contributed by atoms with Crippen LogP contribution in [0.5, 0.6) is 5.75 Å². The van der Waals surface area contributed by atoms with Crippen LogP contribution in [0, 0.1) is 0 Å². The van der Waals surface area contributed by atoms with E-state index in [1.807, 2.05) is 18.2 Å². The molecule has 0 unspecified atom stereocenters. The summed E-state index contributed by atoms with van der Waals surface area (Å²) >= 11 is 0. The maximum atomic E-state index is 6.13. The second-order valence-corrected chi connectivity index (χ2v) is 7.94. The molecule has 2 aliphatic rings. The lowest BCUT2D eigenvalue weighted by atomic mass is 10.1. The Balaban J connectivity index is 1.47. The molecule has 0 radical (unpaired) electrons. The molecule has 1 atom stereocenters. The summed E-state index contributed by atoms with van der Waals surface area (Å²) in [6.45, 7) is 6.71. The standard InChI is InChI=1S/C21H25N5O2/c1-3-14-12-26(8-9-27-14)19-11-18(22-13-23-19)20-16-10-15(28-21(2)6-7-21)4-5-17(16)24-25-20/h4-5,10-11,13-14H,3,6-9,12H2,1-2H3,(H,24,25)/t14-/m1/s1. The predicted octanol–water partition coefficient (Wildman–Crippen LogP) is 3.57. The Labute approximate surface area is 164 Å². The number of anilines is 1. The van der Waals surface area contributed by atoms with Gasteiger partial charge in [-0.25, -0.2) is 9.97 Å². The van der Waals surface area contributed by atoms with E-state index in [1.54, 1.807) is 6.33 Å². The van der Waals surface area contributed by atoms with Crippen molar-refractivity contribution in [3.05, 3.63) is 30.6 Å². The second-order valence-electron chi connectivity index (χ2n) is 7.94. The number of aromatic amines is 1. The summed E-state index contributed by atoms with van der Waals surface area (Å²) in [5.41, 5.74) is 2.60. The maximum absolute atomic E-state index is 6.13. The van der Waals surface area contributed by atoms with Gasteiger partial charge in [-0.1, -0.05) is 6.92 Å². The summed E-state index contributed by atoms with van der Waals surface area (Å²) in [4.78, 5) is 11.2. The third-order valence-corrected chi connectivity index (χ3v) is 5.67. The molecular weight excluding hydrogens is 354 g/mol. The van der Waals surface area contributed by atoms with Gasteiger partial charge in [0, 0.05) is 24.5 Å². The first-order chi connectivity index (χ1) is 13.6. The van der Waals surface area contributed by atoms with Gasteiger partial charge in [0.15, 0.2) is 0 Å².